The number of methoxy groups -OCH3 is 1. The van der Waals surface area contributed by atoms with Crippen molar-refractivity contribution < 1.29 is 17.9 Å². The second-order valence-corrected chi connectivity index (χ2v) is 5.63. The highest BCUT2D eigenvalue weighted by Gasteiger charge is 2.30. The average Bonchev–Trinajstić information content (AvgIpc) is 2.61. The third kappa shape index (κ3) is 3.74. The quantitative estimate of drug-likeness (QED) is 0.616. The van der Waals surface area contributed by atoms with Gasteiger partial charge in [0.05, 0.1) is 18.9 Å². The van der Waals surface area contributed by atoms with E-state index in [4.69, 9.17) is 16.3 Å². The number of hydrogen-bond acceptors (Lipinski definition) is 3. The van der Waals surface area contributed by atoms with E-state index in [1.54, 1.807) is 30.3 Å². The summed E-state index contributed by atoms with van der Waals surface area (Å²) in [5, 5.41) is 0.565. The predicted octanol–water partition coefficient (Wildman–Crippen LogP) is 5.49. The van der Waals surface area contributed by atoms with Crippen molar-refractivity contribution in [2.75, 3.05) is 7.11 Å². The molecule has 0 unspecified atom stereocenters. The molecule has 0 N–H and O–H groups in total. The lowest BCUT2D eigenvalue weighted by Crippen LogP contribution is -2.05. The van der Waals surface area contributed by atoms with Crippen LogP contribution in [0.25, 0.3) is 22.6 Å². The van der Waals surface area contributed by atoms with Crippen LogP contribution in [0.1, 0.15) is 5.56 Å². The summed E-state index contributed by atoms with van der Waals surface area (Å²) in [7, 11) is 1.41. The maximum Gasteiger partial charge on any atom is 0.416 e. The second-order valence-electron chi connectivity index (χ2n) is 5.20. The molecule has 0 aliphatic carbocycles. The Hall–Kier alpha value is -2.60. The van der Waals surface area contributed by atoms with E-state index in [0.29, 0.717) is 22.0 Å². The summed E-state index contributed by atoms with van der Waals surface area (Å²) in [4.78, 5) is 8.60. The van der Waals surface area contributed by atoms with Crippen LogP contribution < -0.4 is 4.74 Å². The minimum atomic E-state index is -4.44. The number of halogens is 4. The van der Waals surface area contributed by atoms with E-state index in [0.717, 1.165) is 12.1 Å². The Bertz CT molecular complexity index is 896. The van der Waals surface area contributed by atoms with E-state index in [1.807, 2.05) is 0 Å². The summed E-state index contributed by atoms with van der Waals surface area (Å²) in [6.07, 6.45) is -3.00. The van der Waals surface area contributed by atoms with Crippen molar-refractivity contribution in [3.8, 4) is 28.4 Å². The Kier molecular flexibility index (Phi) is 4.63. The SMILES string of the molecule is COc1cnc(-c2ccc(Cl)cc2)nc1-c1cccc(C(F)(F)F)c1. The Labute approximate surface area is 147 Å². The molecule has 128 valence electrons. The lowest BCUT2D eigenvalue weighted by molar-refractivity contribution is -0.137. The fraction of sp³-hybridized carbons (Fsp3) is 0.111. The molecule has 0 atom stereocenters. The molecule has 0 bridgehead atoms. The van der Waals surface area contributed by atoms with Crippen molar-refractivity contribution in [2.45, 2.75) is 6.18 Å². The lowest BCUT2D eigenvalue weighted by Gasteiger charge is -2.12. The van der Waals surface area contributed by atoms with Crippen molar-refractivity contribution in [2.24, 2.45) is 0 Å². The van der Waals surface area contributed by atoms with Gasteiger partial charge in [0.1, 0.15) is 5.69 Å². The zero-order chi connectivity index (χ0) is 18.0. The summed E-state index contributed by atoms with van der Waals surface area (Å²) >= 11 is 5.87. The topological polar surface area (TPSA) is 35.0 Å². The van der Waals surface area contributed by atoms with Crippen molar-refractivity contribution >= 4 is 11.6 Å². The van der Waals surface area contributed by atoms with Gasteiger partial charge in [0.2, 0.25) is 0 Å². The first-order valence-electron chi connectivity index (χ1n) is 7.23. The molecule has 0 spiro atoms. The molecule has 0 fully saturated rings. The Morgan fingerprint density at radius 2 is 1.72 bits per heavy atom. The normalized spacial score (nSPS) is 11.4. The number of benzene rings is 2. The number of nitrogens with zero attached hydrogens (tertiary/aromatic N) is 2. The lowest BCUT2D eigenvalue weighted by atomic mass is 10.1. The number of ether oxygens (including phenoxy) is 1. The number of rotatable bonds is 3. The molecule has 0 saturated heterocycles. The molecule has 0 aliphatic heterocycles. The molecule has 1 heterocycles. The van der Waals surface area contributed by atoms with Crippen LogP contribution in [0.3, 0.4) is 0 Å². The third-order valence-corrected chi connectivity index (χ3v) is 3.79. The molecule has 1 aromatic heterocycles. The molecular weight excluding hydrogens is 353 g/mol. The van der Waals surface area contributed by atoms with Crippen molar-refractivity contribution in [1.82, 2.24) is 9.97 Å². The van der Waals surface area contributed by atoms with Crippen LogP contribution in [0.5, 0.6) is 5.75 Å². The molecule has 0 aliphatic rings. The zero-order valence-electron chi connectivity index (χ0n) is 13.0. The van der Waals surface area contributed by atoms with Crippen LogP contribution in [-0.4, -0.2) is 17.1 Å². The molecular formula is C18H12ClF3N2O. The molecule has 0 radical (unpaired) electrons. The fourth-order valence-electron chi connectivity index (χ4n) is 2.31. The van der Waals surface area contributed by atoms with Gasteiger partial charge in [-0.15, -0.1) is 0 Å². The standard InChI is InChI=1S/C18H12ClF3N2O/c1-25-15-10-23-17(11-5-7-14(19)8-6-11)24-16(15)12-3-2-4-13(9-12)18(20,21)22/h2-10H,1H3. The van der Waals surface area contributed by atoms with Gasteiger partial charge in [0, 0.05) is 16.1 Å². The summed E-state index contributed by atoms with van der Waals surface area (Å²) in [5.41, 5.74) is 0.525. The van der Waals surface area contributed by atoms with Crippen LogP contribution in [0.4, 0.5) is 13.2 Å². The smallest absolute Gasteiger partial charge is 0.416 e. The first kappa shape index (κ1) is 17.2. The fourth-order valence-corrected chi connectivity index (χ4v) is 2.43. The molecule has 3 rings (SSSR count). The second kappa shape index (κ2) is 6.72. The van der Waals surface area contributed by atoms with E-state index in [9.17, 15) is 13.2 Å². The van der Waals surface area contributed by atoms with Crippen molar-refractivity contribution in [3.05, 3.63) is 65.3 Å². The van der Waals surface area contributed by atoms with E-state index in [2.05, 4.69) is 9.97 Å². The van der Waals surface area contributed by atoms with Crippen LogP contribution in [-0.2, 0) is 6.18 Å². The largest absolute Gasteiger partial charge is 0.493 e. The average molecular weight is 365 g/mol. The van der Waals surface area contributed by atoms with E-state index >= 15 is 0 Å². The van der Waals surface area contributed by atoms with Gasteiger partial charge in [0.15, 0.2) is 11.6 Å². The highest BCUT2D eigenvalue weighted by Crippen LogP contribution is 2.35. The van der Waals surface area contributed by atoms with E-state index in [1.165, 1.54) is 19.4 Å². The highest BCUT2D eigenvalue weighted by atomic mass is 35.5. The maximum absolute atomic E-state index is 13.0. The molecule has 2 aromatic carbocycles. The molecule has 0 amide bonds. The first-order valence-corrected chi connectivity index (χ1v) is 7.61. The summed E-state index contributed by atoms with van der Waals surface area (Å²) in [6.45, 7) is 0. The van der Waals surface area contributed by atoms with Gasteiger partial charge in [0.25, 0.3) is 0 Å². The van der Waals surface area contributed by atoms with Gasteiger partial charge in [-0.1, -0.05) is 23.7 Å². The summed E-state index contributed by atoms with van der Waals surface area (Å²) in [6, 6.07) is 11.8. The summed E-state index contributed by atoms with van der Waals surface area (Å²) < 4.78 is 44.1. The number of hydrogen-bond donors (Lipinski definition) is 0. The minimum absolute atomic E-state index is 0.286. The predicted molar refractivity (Wildman–Crippen MR) is 89.5 cm³/mol. The van der Waals surface area contributed by atoms with Gasteiger partial charge in [-0.05, 0) is 36.4 Å². The van der Waals surface area contributed by atoms with Crippen molar-refractivity contribution in [3.63, 3.8) is 0 Å². The monoisotopic (exact) mass is 364 g/mol. The van der Waals surface area contributed by atoms with Crippen LogP contribution in [0.2, 0.25) is 5.02 Å². The molecule has 3 nitrogen and oxygen atoms in total. The molecule has 0 saturated carbocycles. The van der Waals surface area contributed by atoms with Crippen LogP contribution >= 0.6 is 11.6 Å². The first-order chi connectivity index (χ1) is 11.9. The van der Waals surface area contributed by atoms with Gasteiger partial charge in [-0.25, -0.2) is 9.97 Å². The third-order valence-electron chi connectivity index (χ3n) is 3.54. The number of aromatic nitrogens is 2. The Balaban J connectivity index is 2.12. The van der Waals surface area contributed by atoms with Crippen LogP contribution in [0, 0.1) is 0 Å². The Morgan fingerprint density at radius 1 is 1.00 bits per heavy atom. The van der Waals surface area contributed by atoms with Crippen molar-refractivity contribution in [1.29, 1.82) is 0 Å². The van der Waals surface area contributed by atoms with Gasteiger partial charge in [-0.3, -0.25) is 0 Å². The van der Waals surface area contributed by atoms with E-state index in [-0.39, 0.29) is 11.4 Å². The van der Waals surface area contributed by atoms with Gasteiger partial charge in [-0.2, -0.15) is 13.2 Å². The maximum atomic E-state index is 13.0. The minimum Gasteiger partial charge on any atom is -0.493 e. The zero-order valence-corrected chi connectivity index (χ0v) is 13.8. The molecule has 3 aromatic rings. The van der Waals surface area contributed by atoms with Gasteiger partial charge < -0.3 is 4.74 Å². The highest BCUT2D eigenvalue weighted by molar-refractivity contribution is 6.30. The van der Waals surface area contributed by atoms with E-state index < -0.39 is 11.7 Å². The molecule has 25 heavy (non-hydrogen) atoms. The number of alkyl halides is 3. The Morgan fingerprint density at radius 3 is 2.36 bits per heavy atom. The summed E-state index contributed by atoms with van der Waals surface area (Å²) in [5.74, 6) is 0.655. The molecule has 7 heteroatoms. The van der Waals surface area contributed by atoms with Crippen LogP contribution in [0.15, 0.2) is 54.7 Å². The van der Waals surface area contributed by atoms with Gasteiger partial charge >= 0.3 is 6.18 Å².